The number of amides is 1. The predicted molar refractivity (Wildman–Crippen MR) is 81.2 cm³/mol. The molecule has 2 rings (SSSR count). The number of hydrogen-bond donors (Lipinski definition) is 1. The Hall–Kier alpha value is -2.72. The molecule has 0 aliphatic rings. The van der Waals surface area contributed by atoms with Crippen LogP contribution in [-0.2, 0) is 9.84 Å². The van der Waals surface area contributed by atoms with Gasteiger partial charge < -0.3 is 5.32 Å². The second kappa shape index (κ2) is 5.95. The van der Waals surface area contributed by atoms with Crippen LogP contribution in [0.5, 0.6) is 0 Å². The van der Waals surface area contributed by atoms with Crippen molar-refractivity contribution in [2.75, 3.05) is 11.6 Å². The molecule has 22 heavy (non-hydrogen) atoms. The lowest BCUT2D eigenvalue weighted by molar-refractivity contribution is 0.102. The third-order valence-electron chi connectivity index (χ3n) is 2.93. The highest BCUT2D eigenvalue weighted by atomic mass is 32.2. The highest BCUT2D eigenvalue weighted by Crippen LogP contribution is 2.23. The zero-order chi connectivity index (χ0) is 16.3. The fourth-order valence-corrected chi connectivity index (χ4v) is 2.75. The Kier molecular flexibility index (Phi) is 4.24. The molecule has 0 saturated carbocycles. The van der Waals surface area contributed by atoms with Crippen LogP contribution in [-0.4, -0.2) is 25.6 Å². The van der Waals surface area contributed by atoms with Gasteiger partial charge in [-0.15, -0.1) is 0 Å². The summed E-state index contributed by atoms with van der Waals surface area (Å²) < 4.78 is 23.6. The molecule has 0 atom stereocenters. The van der Waals surface area contributed by atoms with E-state index < -0.39 is 15.7 Å². The van der Waals surface area contributed by atoms with Crippen LogP contribution in [0.25, 0.3) is 0 Å². The van der Waals surface area contributed by atoms with Crippen molar-refractivity contribution in [1.29, 1.82) is 5.26 Å². The lowest BCUT2D eigenvalue weighted by Gasteiger charge is -2.10. The fourth-order valence-electron chi connectivity index (χ4n) is 1.83. The van der Waals surface area contributed by atoms with E-state index in [9.17, 15) is 13.2 Å². The van der Waals surface area contributed by atoms with Crippen molar-refractivity contribution in [1.82, 2.24) is 4.98 Å². The van der Waals surface area contributed by atoms with Gasteiger partial charge in [0.25, 0.3) is 5.91 Å². The minimum Gasteiger partial charge on any atom is -0.321 e. The molecule has 0 unspecified atom stereocenters. The van der Waals surface area contributed by atoms with Gasteiger partial charge in [-0.3, -0.25) is 4.79 Å². The summed E-state index contributed by atoms with van der Waals surface area (Å²) in [6, 6.07) is 9.48. The van der Waals surface area contributed by atoms with Crippen LogP contribution >= 0.6 is 0 Å². The molecule has 1 heterocycles. The smallest absolute Gasteiger partial charge is 0.257 e. The Morgan fingerprint density at radius 1 is 1.27 bits per heavy atom. The van der Waals surface area contributed by atoms with Gasteiger partial charge in [-0.1, -0.05) is 6.07 Å². The van der Waals surface area contributed by atoms with Crippen molar-refractivity contribution in [3.05, 3.63) is 53.3 Å². The number of sulfone groups is 1. The van der Waals surface area contributed by atoms with E-state index in [0.717, 1.165) is 11.8 Å². The molecule has 0 aliphatic carbocycles. The fraction of sp³-hybridized carbons (Fsp3) is 0.133. The zero-order valence-corrected chi connectivity index (χ0v) is 12.8. The van der Waals surface area contributed by atoms with Crippen LogP contribution in [0.15, 0.2) is 41.4 Å². The Bertz CT molecular complexity index is 866. The largest absolute Gasteiger partial charge is 0.321 e. The number of hydrogen-bond acceptors (Lipinski definition) is 5. The number of benzene rings is 1. The Balaban J connectivity index is 2.34. The second-order valence-corrected chi connectivity index (χ2v) is 6.75. The van der Waals surface area contributed by atoms with E-state index in [0.29, 0.717) is 0 Å². The first kappa shape index (κ1) is 15.7. The third kappa shape index (κ3) is 3.48. The van der Waals surface area contributed by atoms with Crippen molar-refractivity contribution >= 4 is 21.4 Å². The number of aromatic nitrogens is 1. The first-order chi connectivity index (χ1) is 10.3. The van der Waals surface area contributed by atoms with Crippen molar-refractivity contribution in [3.8, 4) is 6.07 Å². The average Bonchev–Trinajstić information content (AvgIpc) is 2.48. The number of carbonyl (C=O) groups is 1. The molecule has 6 nitrogen and oxygen atoms in total. The van der Waals surface area contributed by atoms with Gasteiger partial charge in [-0.05, 0) is 36.8 Å². The summed E-state index contributed by atoms with van der Waals surface area (Å²) >= 11 is 0. The van der Waals surface area contributed by atoms with Gasteiger partial charge in [0, 0.05) is 12.5 Å². The van der Waals surface area contributed by atoms with Crippen LogP contribution in [0, 0.1) is 18.3 Å². The van der Waals surface area contributed by atoms with Crippen LogP contribution in [0.4, 0.5) is 5.69 Å². The lowest BCUT2D eigenvalue weighted by atomic mass is 10.2. The molecule has 112 valence electrons. The summed E-state index contributed by atoms with van der Waals surface area (Å²) in [5, 5.41) is 11.2. The summed E-state index contributed by atoms with van der Waals surface area (Å²) in [6.07, 6.45) is 2.35. The van der Waals surface area contributed by atoms with E-state index in [-0.39, 0.29) is 21.8 Å². The lowest BCUT2D eigenvalue weighted by Crippen LogP contribution is -2.15. The van der Waals surface area contributed by atoms with Gasteiger partial charge in [0.1, 0.15) is 11.8 Å². The number of rotatable bonds is 3. The zero-order valence-electron chi connectivity index (χ0n) is 12.0. The van der Waals surface area contributed by atoms with Crippen LogP contribution in [0.3, 0.4) is 0 Å². The summed E-state index contributed by atoms with van der Waals surface area (Å²) in [5.74, 6) is -0.495. The molecule has 1 amide bonds. The summed E-state index contributed by atoms with van der Waals surface area (Å²) in [7, 11) is -3.47. The van der Waals surface area contributed by atoms with Crippen LogP contribution in [0.2, 0.25) is 0 Å². The molecule has 7 heteroatoms. The van der Waals surface area contributed by atoms with E-state index in [2.05, 4.69) is 10.3 Å². The summed E-state index contributed by atoms with van der Waals surface area (Å²) in [4.78, 5) is 16.0. The van der Waals surface area contributed by atoms with Crippen LogP contribution in [0.1, 0.15) is 21.6 Å². The Morgan fingerprint density at radius 3 is 2.55 bits per heavy atom. The maximum Gasteiger partial charge on any atom is 0.257 e. The number of pyridine rings is 1. The van der Waals surface area contributed by atoms with E-state index in [1.165, 1.54) is 24.4 Å². The quantitative estimate of drug-likeness (QED) is 0.932. The molecule has 2 aromatic rings. The van der Waals surface area contributed by atoms with Crippen LogP contribution < -0.4 is 5.32 Å². The monoisotopic (exact) mass is 315 g/mol. The van der Waals surface area contributed by atoms with Crippen molar-refractivity contribution < 1.29 is 13.2 Å². The molecule has 0 bridgehead atoms. The topological polar surface area (TPSA) is 99.9 Å². The van der Waals surface area contributed by atoms with Gasteiger partial charge in [0.05, 0.1) is 16.1 Å². The first-order valence-corrected chi connectivity index (χ1v) is 8.18. The number of carbonyl (C=O) groups excluding carboxylic acids is 1. The average molecular weight is 315 g/mol. The molecule has 1 aromatic heterocycles. The Morgan fingerprint density at radius 2 is 2.00 bits per heavy atom. The number of nitrogens with one attached hydrogen (secondary N) is 1. The van der Waals surface area contributed by atoms with Gasteiger partial charge >= 0.3 is 0 Å². The van der Waals surface area contributed by atoms with E-state index >= 15 is 0 Å². The van der Waals surface area contributed by atoms with Gasteiger partial charge in [0.15, 0.2) is 9.84 Å². The molecule has 0 saturated heterocycles. The van der Waals surface area contributed by atoms with E-state index in [4.69, 9.17) is 5.26 Å². The minimum atomic E-state index is -3.47. The summed E-state index contributed by atoms with van der Waals surface area (Å²) in [5.41, 5.74) is 1.42. The molecule has 0 spiro atoms. The molecule has 0 fully saturated rings. The molecule has 1 aromatic carbocycles. The number of nitrogens with zero attached hydrogens (tertiary/aromatic N) is 2. The minimum absolute atomic E-state index is 0.0578. The number of nitriles is 1. The predicted octanol–water partition coefficient (Wildman–Crippen LogP) is 1.92. The van der Waals surface area contributed by atoms with Gasteiger partial charge in [-0.25, -0.2) is 13.4 Å². The van der Waals surface area contributed by atoms with E-state index in [1.54, 1.807) is 19.1 Å². The maximum atomic E-state index is 12.1. The number of aryl methyl sites for hydroxylation is 1. The standard InChI is InChI=1S/C15H13N3O3S/c1-10-3-6-13(14(7-10)22(2,20)21)18-15(19)11-4-5-12(8-16)17-9-11/h3-7,9H,1-2H3,(H,18,19). The maximum absolute atomic E-state index is 12.1. The molecular formula is C15H13N3O3S. The SMILES string of the molecule is Cc1ccc(NC(=O)c2ccc(C#N)nc2)c(S(C)(=O)=O)c1. The second-order valence-electron chi connectivity index (χ2n) is 4.77. The number of anilines is 1. The Labute approximate surface area is 128 Å². The molecule has 0 aliphatic heterocycles. The van der Waals surface area contributed by atoms with Crippen molar-refractivity contribution in [2.45, 2.75) is 11.8 Å². The molecular weight excluding hydrogens is 302 g/mol. The first-order valence-electron chi connectivity index (χ1n) is 6.29. The van der Waals surface area contributed by atoms with Crippen molar-refractivity contribution in [3.63, 3.8) is 0 Å². The summed E-state index contributed by atoms with van der Waals surface area (Å²) in [6.45, 7) is 1.77. The van der Waals surface area contributed by atoms with Gasteiger partial charge in [0.2, 0.25) is 0 Å². The normalized spacial score (nSPS) is 10.8. The van der Waals surface area contributed by atoms with Crippen molar-refractivity contribution in [2.24, 2.45) is 0 Å². The highest BCUT2D eigenvalue weighted by Gasteiger charge is 2.16. The van der Waals surface area contributed by atoms with Gasteiger partial charge in [-0.2, -0.15) is 5.26 Å². The highest BCUT2D eigenvalue weighted by molar-refractivity contribution is 7.90. The molecule has 0 radical (unpaired) electrons. The molecule has 1 N–H and O–H groups in total. The van der Waals surface area contributed by atoms with E-state index in [1.807, 2.05) is 6.07 Å². The third-order valence-corrected chi connectivity index (χ3v) is 4.06.